The van der Waals surface area contributed by atoms with E-state index >= 15 is 0 Å². The maximum Gasteiger partial charge on any atom is 0.226 e. The van der Waals surface area contributed by atoms with Crippen LogP contribution < -0.4 is 10.1 Å². The van der Waals surface area contributed by atoms with Gasteiger partial charge >= 0.3 is 0 Å². The number of aryl methyl sites for hydroxylation is 1. The molecule has 152 valence electrons. The van der Waals surface area contributed by atoms with E-state index < -0.39 is 0 Å². The number of nitrogens with one attached hydrogen (secondary N) is 1. The van der Waals surface area contributed by atoms with Crippen molar-refractivity contribution >= 4 is 27.6 Å². The highest BCUT2D eigenvalue weighted by Gasteiger charge is 2.41. The van der Waals surface area contributed by atoms with Gasteiger partial charge in [0.2, 0.25) is 5.95 Å². The van der Waals surface area contributed by atoms with Gasteiger partial charge in [-0.2, -0.15) is 10.1 Å². The van der Waals surface area contributed by atoms with Gasteiger partial charge in [-0.15, -0.1) is 0 Å². The molecule has 1 N–H and O–H groups in total. The smallest absolute Gasteiger partial charge is 0.226 e. The highest BCUT2D eigenvalue weighted by molar-refractivity contribution is 9.10. The van der Waals surface area contributed by atoms with E-state index in [-0.39, 0.29) is 12.1 Å². The van der Waals surface area contributed by atoms with Gasteiger partial charge in [0.15, 0.2) is 0 Å². The van der Waals surface area contributed by atoms with Crippen molar-refractivity contribution in [3.05, 3.63) is 106 Å². The van der Waals surface area contributed by atoms with E-state index in [1.165, 1.54) is 5.56 Å². The number of nitrogens with zero attached hydrogens (tertiary/aromatic N) is 4. The summed E-state index contributed by atoms with van der Waals surface area (Å²) < 4.78 is 9.56. The van der Waals surface area contributed by atoms with E-state index in [0.717, 1.165) is 38.2 Å². The zero-order valence-electron chi connectivity index (χ0n) is 16.7. The van der Waals surface area contributed by atoms with E-state index in [0.29, 0.717) is 5.95 Å². The van der Waals surface area contributed by atoms with Crippen LogP contribution in [-0.4, -0.2) is 19.7 Å². The summed E-state index contributed by atoms with van der Waals surface area (Å²) in [5.74, 6) is 1.55. The Bertz CT molecular complexity index is 1330. The van der Waals surface area contributed by atoms with Gasteiger partial charge in [-0.3, -0.25) is 4.98 Å². The summed E-state index contributed by atoms with van der Waals surface area (Å²) in [5.41, 5.74) is 6.40. The predicted molar refractivity (Wildman–Crippen MR) is 122 cm³/mol. The molecular weight excluding hydrogens is 454 g/mol. The fourth-order valence-electron chi connectivity index (χ4n) is 4.39. The third-order valence-electron chi connectivity index (χ3n) is 5.72. The number of rotatable bonds is 2. The number of halogens is 1. The number of pyridine rings is 1. The zero-order chi connectivity index (χ0) is 20.9. The third kappa shape index (κ3) is 2.96. The van der Waals surface area contributed by atoms with Gasteiger partial charge in [0, 0.05) is 28.0 Å². The Labute approximate surface area is 187 Å². The molecular formula is C24H18BrN5O. The Morgan fingerprint density at radius 3 is 2.81 bits per heavy atom. The molecule has 2 atom stereocenters. The summed E-state index contributed by atoms with van der Waals surface area (Å²) in [4.78, 5) is 8.84. The Hall–Kier alpha value is -3.45. The molecule has 6 nitrogen and oxygen atoms in total. The molecule has 2 aliphatic rings. The van der Waals surface area contributed by atoms with Crippen LogP contribution in [0.1, 0.15) is 34.4 Å². The summed E-state index contributed by atoms with van der Waals surface area (Å²) >= 11 is 3.61. The lowest BCUT2D eigenvalue weighted by atomic mass is 9.85. The first-order valence-corrected chi connectivity index (χ1v) is 10.8. The molecule has 31 heavy (non-hydrogen) atoms. The summed E-state index contributed by atoms with van der Waals surface area (Å²) in [6, 6.07) is 18.3. The Morgan fingerprint density at radius 2 is 1.97 bits per heavy atom. The van der Waals surface area contributed by atoms with Crippen LogP contribution in [0.3, 0.4) is 0 Å². The predicted octanol–water partition coefficient (Wildman–Crippen LogP) is 5.30. The average Bonchev–Trinajstić information content (AvgIpc) is 3.26. The van der Waals surface area contributed by atoms with Gasteiger partial charge in [-0.1, -0.05) is 45.8 Å². The van der Waals surface area contributed by atoms with E-state index in [2.05, 4.69) is 73.6 Å². The zero-order valence-corrected chi connectivity index (χ0v) is 18.2. The van der Waals surface area contributed by atoms with Crippen LogP contribution in [-0.2, 0) is 0 Å². The lowest BCUT2D eigenvalue weighted by Gasteiger charge is -2.39. The maximum atomic E-state index is 6.64. The Morgan fingerprint density at radius 1 is 1.06 bits per heavy atom. The molecule has 0 bridgehead atoms. The number of fused-ring (bicyclic) bond motifs is 3. The molecule has 0 amide bonds. The molecule has 4 aromatic rings. The van der Waals surface area contributed by atoms with Crippen molar-refractivity contribution in [2.75, 3.05) is 5.32 Å². The van der Waals surface area contributed by atoms with Gasteiger partial charge in [-0.25, -0.2) is 4.68 Å². The Balaban J connectivity index is 1.65. The lowest BCUT2D eigenvalue weighted by Crippen LogP contribution is -2.32. The van der Waals surface area contributed by atoms with Crippen molar-refractivity contribution in [2.45, 2.75) is 19.1 Å². The van der Waals surface area contributed by atoms with Crippen LogP contribution in [0.15, 0.2) is 83.4 Å². The van der Waals surface area contributed by atoms with Crippen LogP contribution in [0.5, 0.6) is 5.75 Å². The molecule has 6 rings (SSSR count). The van der Waals surface area contributed by atoms with E-state index in [1.807, 2.05) is 35.1 Å². The first-order valence-electron chi connectivity index (χ1n) is 10.0. The highest BCUT2D eigenvalue weighted by atomic mass is 79.9. The number of ether oxygens (including phenoxy) is 1. The second kappa shape index (κ2) is 7.06. The lowest BCUT2D eigenvalue weighted by molar-refractivity contribution is 0.223. The van der Waals surface area contributed by atoms with E-state index in [9.17, 15) is 0 Å². The summed E-state index contributed by atoms with van der Waals surface area (Å²) in [7, 11) is 0. The van der Waals surface area contributed by atoms with Gasteiger partial charge < -0.3 is 10.1 Å². The van der Waals surface area contributed by atoms with Crippen molar-refractivity contribution in [2.24, 2.45) is 0 Å². The molecule has 0 radical (unpaired) electrons. The second-order valence-corrected chi connectivity index (χ2v) is 8.64. The van der Waals surface area contributed by atoms with Crippen LogP contribution in [0.4, 0.5) is 5.95 Å². The molecule has 2 aromatic carbocycles. The Kier molecular flexibility index (Phi) is 4.17. The molecule has 4 heterocycles. The third-order valence-corrected chi connectivity index (χ3v) is 6.21. The minimum Gasteiger partial charge on any atom is -0.480 e. The molecule has 0 saturated carbocycles. The number of benzene rings is 2. The first kappa shape index (κ1) is 18.3. The topological polar surface area (TPSA) is 64.9 Å². The van der Waals surface area contributed by atoms with Gasteiger partial charge in [0.05, 0.1) is 5.70 Å². The maximum absolute atomic E-state index is 6.64. The van der Waals surface area contributed by atoms with Crippen LogP contribution in [0.2, 0.25) is 0 Å². The first-order chi connectivity index (χ1) is 15.2. The fourth-order valence-corrected chi connectivity index (χ4v) is 4.80. The highest BCUT2D eigenvalue weighted by Crippen LogP contribution is 2.50. The van der Waals surface area contributed by atoms with E-state index in [4.69, 9.17) is 4.74 Å². The van der Waals surface area contributed by atoms with Crippen molar-refractivity contribution in [1.29, 1.82) is 0 Å². The van der Waals surface area contributed by atoms with Crippen molar-refractivity contribution in [3.63, 3.8) is 0 Å². The van der Waals surface area contributed by atoms with Crippen LogP contribution >= 0.6 is 15.9 Å². The minimum atomic E-state index is -0.294. The molecule has 0 spiro atoms. The van der Waals surface area contributed by atoms with Gasteiger partial charge in [0.1, 0.15) is 24.2 Å². The van der Waals surface area contributed by atoms with Crippen LogP contribution in [0.25, 0.3) is 5.70 Å². The van der Waals surface area contributed by atoms with Crippen molar-refractivity contribution < 1.29 is 4.74 Å². The monoisotopic (exact) mass is 471 g/mol. The molecule has 7 heteroatoms. The SMILES string of the molecule is Cc1ccc2c(c1)C1=C([C@H](c3cccc(Br)c3)O2)[C@H](c2cccnc2)n2ncnc2N1. The summed E-state index contributed by atoms with van der Waals surface area (Å²) in [6.07, 6.45) is 4.95. The number of aromatic nitrogens is 4. The minimum absolute atomic E-state index is 0.194. The van der Waals surface area contributed by atoms with Gasteiger partial charge in [-0.05, 0) is 48.4 Å². The quantitative estimate of drug-likeness (QED) is 0.429. The number of anilines is 1. The molecule has 0 aliphatic carbocycles. The summed E-state index contributed by atoms with van der Waals surface area (Å²) in [6.45, 7) is 2.09. The standard InChI is InChI=1S/C24H18BrN5O/c1-14-7-8-19-18(10-14)21-20(23(31-19)15-4-2-6-17(25)11-15)22(16-5-3-9-26-12-16)30-24(29-21)27-13-28-30/h2-13,22-23H,1H3,(H,27,28,29)/t22-,23-/m0/s1. The van der Waals surface area contributed by atoms with Gasteiger partial charge in [0.25, 0.3) is 0 Å². The number of hydrogen-bond acceptors (Lipinski definition) is 5. The summed E-state index contributed by atoms with van der Waals surface area (Å²) in [5, 5.41) is 8.07. The second-order valence-electron chi connectivity index (χ2n) is 7.72. The van der Waals surface area contributed by atoms with Crippen molar-refractivity contribution in [3.8, 4) is 5.75 Å². The van der Waals surface area contributed by atoms with Crippen molar-refractivity contribution in [1.82, 2.24) is 19.7 Å². The van der Waals surface area contributed by atoms with E-state index in [1.54, 1.807) is 12.5 Å². The van der Waals surface area contributed by atoms with Crippen LogP contribution in [0, 0.1) is 6.92 Å². The molecule has 0 fully saturated rings. The molecule has 2 aliphatic heterocycles. The fraction of sp³-hybridized carbons (Fsp3) is 0.125. The average molecular weight is 472 g/mol. The largest absolute Gasteiger partial charge is 0.480 e. The number of hydrogen-bond donors (Lipinski definition) is 1. The normalized spacial score (nSPS) is 19.0. The molecule has 0 saturated heterocycles. The molecule has 0 unspecified atom stereocenters. The molecule has 2 aromatic heterocycles.